The van der Waals surface area contributed by atoms with E-state index in [0.717, 1.165) is 49.4 Å². The summed E-state index contributed by atoms with van der Waals surface area (Å²) >= 11 is 6.49. The van der Waals surface area contributed by atoms with Crippen LogP contribution in [0.25, 0.3) is 11.0 Å². The molecule has 51 heavy (non-hydrogen) atoms. The largest absolute Gasteiger partial charge is 0.491 e. The molecule has 1 N–H and O–H groups in total. The molecular formula is C38H46ClN7O4S. The number of benzene rings is 2. The van der Waals surface area contributed by atoms with Gasteiger partial charge in [-0.3, -0.25) is 14.2 Å². The van der Waals surface area contributed by atoms with Crippen molar-refractivity contribution in [3.8, 4) is 5.75 Å². The Morgan fingerprint density at radius 2 is 1.96 bits per heavy atom. The molecule has 11 nitrogen and oxygen atoms in total. The second-order valence-corrected chi connectivity index (χ2v) is 16.7. The van der Waals surface area contributed by atoms with Gasteiger partial charge in [-0.15, -0.1) is 4.36 Å². The number of aromatic nitrogens is 4. The van der Waals surface area contributed by atoms with Crippen LogP contribution in [0.5, 0.6) is 5.75 Å². The Kier molecular flexibility index (Phi) is 10.4. The third-order valence-electron chi connectivity index (χ3n) is 10.3. The summed E-state index contributed by atoms with van der Waals surface area (Å²) in [6, 6.07) is 11.6. The summed E-state index contributed by atoms with van der Waals surface area (Å²) in [5.74, 6) is 1.72. The molecule has 1 unspecified atom stereocenters. The van der Waals surface area contributed by atoms with Crippen LogP contribution >= 0.6 is 11.6 Å². The van der Waals surface area contributed by atoms with Crippen molar-refractivity contribution in [2.24, 2.45) is 29.2 Å². The fourth-order valence-corrected chi connectivity index (χ4v) is 9.67. The molecule has 1 saturated carbocycles. The van der Waals surface area contributed by atoms with E-state index in [1.165, 1.54) is 11.1 Å². The molecule has 13 heteroatoms. The first-order valence-electron chi connectivity index (χ1n) is 17.8. The molecule has 1 fully saturated rings. The number of nitrogens with zero attached hydrogens (tertiary/aromatic N) is 6. The van der Waals surface area contributed by atoms with Gasteiger partial charge in [-0.2, -0.15) is 5.10 Å². The van der Waals surface area contributed by atoms with Crippen LogP contribution in [0, 0.1) is 24.7 Å². The van der Waals surface area contributed by atoms with Crippen LogP contribution in [-0.2, 0) is 34.7 Å². The molecule has 7 rings (SSSR count). The summed E-state index contributed by atoms with van der Waals surface area (Å²) in [5.41, 5.74) is 4.06. The van der Waals surface area contributed by atoms with Crippen LogP contribution in [0.15, 0.2) is 59.1 Å². The van der Waals surface area contributed by atoms with Crippen LogP contribution in [0.2, 0.25) is 5.02 Å². The number of hydrogen-bond donors (Lipinski definition) is 1. The highest BCUT2D eigenvalue weighted by molar-refractivity contribution is 7.95. The van der Waals surface area contributed by atoms with Gasteiger partial charge in [-0.1, -0.05) is 36.7 Å². The number of allylic oxidation sites excluding steroid dienone is 1. The Bertz CT molecular complexity index is 2090. The number of fused-ring (bicyclic) bond motifs is 4. The van der Waals surface area contributed by atoms with Crippen molar-refractivity contribution in [3.63, 3.8) is 0 Å². The van der Waals surface area contributed by atoms with E-state index in [1.807, 2.05) is 25.1 Å². The van der Waals surface area contributed by atoms with Crippen molar-refractivity contribution in [2.45, 2.75) is 65.0 Å². The molecule has 5 atom stereocenters. The summed E-state index contributed by atoms with van der Waals surface area (Å²) < 4.78 is 36.6. The Balaban J connectivity index is 1.35. The van der Waals surface area contributed by atoms with E-state index in [0.29, 0.717) is 65.4 Å². The highest BCUT2D eigenvalue weighted by Crippen LogP contribution is 2.42. The lowest BCUT2D eigenvalue weighted by Gasteiger charge is -2.43. The normalized spacial score (nSPS) is 26.5. The summed E-state index contributed by atoms with van der Waals surface area (Å²) in [6.07, 6.45) is 11.6. The zero-order chi connectivity index (χ0) is 35.7. The summed E-state index contributed by atoms with van der Waals surface area (Å²) in [6.45, 7) is 5.71. The molecule has 2 aromatic carbocycles. The number of halogens is 1. The standard InChI is InChI=1S/C38H46ClN7O4S/c1-24-8-7-10-34(49-4)31-15-12-29(31)21-46-20-28-11-14-30(39)18-26(28)9-5-6-17-50-35-16-13-27(19-33(35)46)38(47)44-51(48,23-24)43-37-32-22-45(3)42-36(32)40-25(2)41-37/h7,10-11,13-14,16,18-19,22,24,29,31,34H,5-6,8-9,12,15,17,20-21,23H2,1-4H3,(H,40,41,42,43,44,47,48)/b10-7+/t24-,29-,31+,34-,51?/m0/s1. The van der Waals surface area contributed by atoms with Gasteiger partial charge in [0, 0.05) is 44.0 Å². The van der Waals surface area contributed by atoms with Crippen LogP contribution in [0.4, 0.5) is 11.5 Å². The maximum absolute atomic E-state index is 14.9. The number of amides is 1. The smallest absolute Gasteiger partial charge is 0.286 e. The molecule has 2 aliphatic heterocycles. The first kappa shape index (κ1) is 35.4. The van der Waals surface area contributed by atoms with Gasteiger partial charge in [0.2, 0.25) is 0 Å². The van der Waals surface area contributed by atoms with Crippen molar-refractivity contribution < 1.29 is 18.5 Å². The SMILES string of the molecule is CO[C@H]1/C=C/C[C@H](C)CS(=O)(Nc2nc(C)nc3nn(C)cc23)=NC(=O)c2ccc3c(c2)N(Cc2ccc(Cl)cc2CCCCO3)C[C@@H]2CC[C@H]21. The van der Waals surface area contributed by atoms with Gasteiger partial charge in [-0.05, 0) is 105 Å². The number of nitrogens with one attached hydrogen (secondary N) is 1. The molecular weight excluding hydrogens is 686 g/mol. The number of methoxy groups -OCH3 is 1. The molecule has 2 bridgehead atoms. The van der Waals surface area contributed by atoms with Crippen molar-refractivity contribution in [3.05, 3.63) is 82.3 Å². The zero-order valence-corrected chi connectivity index (χ0v) is 31.3. The van der Waals surface area contributed by atoms with Crippen LogP contribution in [-0.4, -0.2) is 62.0 Å². The van der Waals surface area contributed by atoms with Crippen LogP contribution in [0.1, 0.15) is 66.3 Å². The number of hydrogen-bond acceptors (Lipinski definition) is 8. The molecule has 0 spiro atoms. The predicted octanol–water partition coefficient (Wildman–Crippen LogP) is 7.32. The minimum Gasteiger partial charge on any atom is -0.491 e. The van der Waals surface area contributed by atoms with E-state index in [9.17, 15) is 9.00 Å². The van der Waals surface area contributed by atoms with Gasteiger partial charge in [0.15, 0.2) is 11.5 Å². The van der Waals surface area contributed by atoms with E-state index in [4.69, 9.17) is 21.1 Å². The third kappa shape index (κ3) is 7.93. The van der Waals surface area contributed by atoms with Crippen molar-refractivity contribution in [2.75, 3.05) is 35.6 Å². The monoisotopic (exact) mass is 731 g/mol. The molecule has 0 radical (unpaired) electrons. The summed E-state index contributed by atoms with van der Waals surface area (Å²) in [5, 5.41) is 5.75. The average molecular weight is 732 g/mol. The van der Waals surface area contributed by atoms with Gasteiger partial charge in [-0.25, -0.2) is 14.2 Å². The molecule has 2 aromatic heterocycles. The first-order valence-corrected chi connectivity index (χ1v) is 19.9. The lowest BCUT2D eigenvalue weighted by molar-refractivity contribution is 0.0133. The lowest BCUT2D eigenvalue weighted by Crippen LogP contribution is -2.43. The van der Waals surface area contributed by atoms with Gasteiger partial charge in [0.1, 0.15) is 21.5 Å². The fraction of sp³-hybridized carbons (Fsp3) is 0.474. The number of ether oxygens (including phenoxy) is 2. The maximum Gasteiger partial charge on any atom is 0.286 e. The van der Waals surface area contributed by atoms with Crippen molar-refractivity contribution in [1.29, 1.82) is 0 Å². The third-order valence-corrected chi connectivity index (χ3v) is 12.5. The molecule has 1 amide bonds. The van der Waals surface area contributed by atoms with E-state index < -0.39 is 15.8 Å². The average Bonchev–Trinajstić information content (AvgIpc) is 3.44. The molecule has 3 aliphatic rings. The van der Waals surface area contributed by atoms with Gasteiger partial charge < -0.3 is 14.4 Å². The van der Waals surface area contributed by atoms with Crippen LogP contribution in [0.3, 0.4) is 0 Å². The zero-order valence-electron chi connectivity index (χ0n) is 29.7. The fourth-order valence-electron chi connectivity index (χ4n) is 7.53. The highest BCUT2D eigenvalue weighted by Gasteiger charge is 2.38. The molecule has 0 saturated heterocycles. The number of carbonyl (C=O) groups is 1. The summed E-state index contributed by atoms with van der Waals surface area (Å²) in [7, 11) is 0.194. The molecule has 1 aliphatic carbocycles. The quantitative estimate of drug-likeness (QED) is 0.218. The van der Waals surface area contributed by atoms with E-state index >= 15 is 0 Å². The highest BCUT2D eigenvalue weighted by atomic mass is 35.5. The minimum absolute atomic E-state index is 0.0439. The molecule has 4 heterocycles. The predicted molar refractivity (Wildman–Crippen MR) is 202 cm³/mol. The van der Waals surface area contributed by atoms with E-state index in [-0.39, 0.29) is 17.8 Å². The Hall–Kier alpha value is -4.00. The number of anilines is 2. The Morgan fingerprint density at radius 1 is 1.10 bits per heavy atom. The minimum atomic E-state index is -3.38. The van der Waals surface area contributed by atoms with Crippen molar-refractivity contribution >= 4 is 50.0 Å². The summed E-state index contributed by atoms with van der Waals surface area (Å²) in [4.78, 5) is 25.5. The second kappa shape index (κ2) is 14.9. The molecule has 270 valence electrons. The lowest BCUT2D eigenvalue weighted by atomic mass is 9.70. The first-order chi connectivity index (χ1) is 24.6. The number of aryl methyl sites for hydroxylation is 3. The number of rotatable bonds is 3. The van der Waals surface area contributed by atoms with Crippen LogP contribution < -0.4 is 14.4 Å². The topological polar surface area (TPSA) is 124 Å². The maximum atomic E-state index is 14.9. The Labute approximate surface area is 305 Å². The molecule has 4 aromatic rings. The van der Waals surface area contributed by atoms with Crippen molar-refractivity contribution in [1.82, 2.24) is 19.7 Å². The van der Waals surface area contributed by atoms with E-state index in [1.54, 1.807) is 38.0 Å². The second-order valence-electron chi connectivity index (χ2n) is 14.2. The number of carbonyl (C=O) groups excluding carboxylic acids is 1. The van der Waals surface area contributed by atoms with E-state index in [2.05, 4.69) is 53.3 Å². The Morgan fingerprint density at radius 3 is 2.76 bits per heavy atom. The van der Waals surface area contributed by atoms with Gasteiger partial charge in [0.25, 0.3) is 5.91 Å². The van der Waals surface area contributed by atoms with Gasteiger partial charge in [0.05, 0.1) is 29.5 Å². The van der Waals surface area contributed by atoms with Gasteiger partial charge >= 0.3 is 0 Å².